The van der Waals surface area contributed by atoms with Gasteiger partial charge in [-0.15, -0.1) is 0 Å². The maximum absolute atomic E-state index is 13.1. The molecule has 3 heterocycles. The zero-order valence-electron chi connectivity index (χ0n) is 15.0. The number of hydrogen-bond donors (Lipinski definition) is 0. The fourth-order valence-electron chi connectivity index (χ4n) is 2.94. The van der Waals surface area contributed by atoms with Gasteiger partial charge in [-0.2, -0.15) is 4.98 Å². The first-order valence-electron chi connectivity index (χ1n) is 8.40. The molecular weight excluding hydrogens is 417 g/mol. The molecule has 1 aromatic heterocycles. The molecule has 146 valence electrons. The number of fused-ring (bicyclic) bond motifs is 1. The van der Waals surface area contributed by atoms with Gasteiger partial charge in [-0.25, -0.2) is 19.3 Å². The second-order valence-electron chi connectivity index (χ2n) is 6.09. The van der Waals surface area contributed by atoms with Gasteiger partial charge in [0.2, 0.25) is 5.28 Å². The van der Waals surface area contributed by atoms with Crippen LogP contribution in [0.4, 0.5) is 0 Å². The molecule has 1 aromatic carbocycles. The molecule has 0 amide bonds. The molecule has 0 fully saturated rings. The number of hydrogen-bond acceptors (Lipinski definition) is 6. The van der Waals surface area contributed by atoms with E-state index < -0.39 is 11.2 Å². The minimum Gasteiger partial charge on any atom is -0.495 e. The highest BCUT2D eigenvalue weighted by Gasteiger charge is 2.19. The highest BCUT2D eigenvalue weighted by Crippen LogP contribution is 2.26. The van der Waals surface area contributed by atoms with E-state index in [0.29, 0.717) is 23.0 Å². The molecular formula is C19H13Cl2N5O3. The molecule has 0 spiro atoms. The Morgan fingerprint density at radius 2 is 1.86 bits per heavy atom. The Bertz CT molecular complexity index is 1280. The van der Waals surface area contributed by atoms with Crippen LogP contribution in [0.15, 0.2) is 58.5 Å². The van der Waals surface area contributed by atoms with Gasteiger partial charge in [0.15, 0.2) is 5.82 Å². The van der Waals surface area contributed by atoms with E-state index in [1.54, 1.807) is 47.4 Å². The van der Waals surface area contributed by atoms with Crippen molar-refractivity contribution in [2.45, 2.75) is 6.54 Å². The highest BCUT2D eigenvalue weighted by molar-refractivity contribution is 6.32. The Labute approximate surface area is 174 Å². The van der Waals surface area contributed by atoms with Crippen LogP contribution < -0.4 is 16.0 Å². The average Bonchev–Trinajstić information content (AvgIpc) is 2.71. The topological polar surface area (TPSA) is 91.9 Å². The summed E-state index contributed by atoms with van der Waals surface area (Å²) in [5, 5.41) is 0.506. The molecule has 0 saturated carbocycles. The number of benzene rings is 1. The van der Waals surface area contributed by atoms with Gasteiger partial charge in [-0.1, -0.05) is 11.6 Å². The lowest BCUT2D eigenvalue weighted by atomic mass is 10.2. The van der Waals surface area contributed by atoms with E-state index in [-0.39, 0.29) is 16.7 Å². The van der Waals surface area contributed by atoms with E-state index in [1.807, 2.05) is 0 Å². The summed E-state index contributed by atoms with van der Waals surface area (Å²) >= 11 is 11.8. The molecule has 0 N–H and O–H groups in total. The zero-order chi connectivity index (χ0) is 20.5. The van der Waals surface area contributed by atoms with Gasteiger partial charge in [0.25, 0.3) is 5.56 Å². The maximum Gasteiger partial charge on any atom is 0.357 e. The standard InChI is InChI=1S/C19H13Cl2N5O3/c1-29-15-7-12(4-5-14(15)20)26-17(27)13-3-2-6-25(16(13)24-19(26)28)10-11-8-22-18(21)23-9-11/h2-9H,10H2,1H3. The molecule has 0 bridgehead atoms. The Morgan fingerprint density at radius 1 is 1.10 bits per heavy atom. The average molecular weight is 430 g/mol. The van der Waals surface area contributed by atoms with E-state index in [9.17, 15) is 9.59 Å². The minimum atomic E-state index is -0.709. The molecule has 2 aliphatic heterocycles. The van der Waals surface area contributed by atoms with Crippen LogP contribution in [0.25, 0.3) is 17.1 Å². The Balaban J connectivity index is 1.86. The zero-order valence-corrected chi connectivity index (χ0v) is 16.6. The van der Waals surface area contributed by atoms with E-state index in [0.717, 1.165) is 10.1 Å². The number of pyridine rings is 1. The fraction of sp³-hybridized carbons (Fsp3) is 0.105. The van der Waals surface area contributed by atoms with Crippen molar-refractivity contribution in [3.63, 3.8) is 0 Å². The van der Waals surface area contributed by atoms with E-state index >= 15 is 0 Å². The van der Waals surface area contributed by atoms with Crippen LogP contribution in [-0.4, -0.2) is 31.2 Å². The predicted molar refractivity (Wildman–Crippen MR) is 108 cm³/mol. The first-order valence-corrected chi connectivity index (χ1v) is 9.16. The number of methoxy groups -OCH3 is 1. The number of nitrogens with zero attached hydrogens (tertiary/aromatic N) is 5. The van der Waals surface area contributed by atoms with Gasteiger partial charge < -0.3 is 9.30 Å². The van der Waals surface area contributed by atoms with Crippen LogP contribution in [0.1, 0.15) is 5.56 Å². The monoisotopic (exact) mass is 429 g/mol. The van der Waals surface area contributed by atoms with Crippen molar-refractivity contribution in [2.24, 2.45) is 0 Å². The Hall–Kier alpha value is -3.23. The first-order chi connectivity index (χ1) is 14.0. The lowest BCUT2D eigenvalue weighted by Gasteiger charge is -2.15. The van der Waals surface area contributed by atoms with E-state index in [1.165, 1.54) is 13.2 Å². The smallest absolute Gasteiger partial charge is 0.357 e. The molecule has 0 aliphatic carbocycles. The second kappa shape index (κ2) is 7.65. The normalized spacial score (nSPS) is 11.0. The summed E-state index contributed by atoms with van der Waals surface area (Å²) < 4.78 is 7.83. The minimum absolute atomic E-state index is 0.137. The summed E-state index contributed by atoms with van der Waals surface area (Å²) in [6.07, 6.45) is 4.86. The van der Waals surface area contributed by atoms with Crippen molar-refractivity contribution >= 4 is 23.2 Å². The van der Waals surface area contributed by atoms with Gasteiger partial charge in [-0.05, 0) is 35.9 Å². The molecule has 0 unspecified atom stereocenters. The molecule has 2 aliphatic rings. The van der Waals surface area contributed by atoms with Crippen LogP contribution in [0, 0.1) is 0 Å². The Morgan fingerprint density at radius 3 is 2.59 bits per heavy atom. The molecule has 0 atom stereocenters. The van der Waals surface area contributed by atoms with Gasteiger partial charge >= 0.3 is 5.69 Å². The summed E-state index contributed by atoms with van der Waals surface area (Å²) in [5.41, 5.74) is 0.145. The summed E-state index contributed by atoms with van der Waals surface area (Å²) in [6, 6.07) is 7.95. The van der Waals surface area contributed by atoms with Crippen molar-refractivity contribution in [1.82, 2.24) is 24.1 Å². The molecule has 8 nitrogen and oxygen atoms in total. The predicted octanol–water partition coefficient (Wildman–Crippen LogP) is 2.65. The number of rotatable bonds is 4. The van der Waals surface area contributed by atoms with Crippen LogP contribution in [0.2, 0.25) is 10.3 Å². The van der Waals surface area contributed by atoms with Crippen molar-refractivity contribution in [3.05, 3.63) is 85.6 Å². The number of halogens is 2. The van der Waals surface area contributed by atoms with Crippen LogP contribution in [-0.2, 0) is 6.54 Å². The summed E-state index contributed by atoms with van der Waals surface area (Å²) in [6.45, 7) is 0.319. The number of aromatic nitrogens is 5. The lowest BCUT2D eigenvalue weighted by Crippen LogP contribution is -2.36. The molecule has 0 saturated heterocycles. The van der Waals surface area contributed by atoms with Gasteiger partial charge in [-0.3, -0.25) is 4.79 Å². The van der Waals surface area contributed by atoms with Gasteiger partial charge in [0, 0.05) is 30.2 Å². The largest absolute Gasteiger partial charge is 0.495 e. The lowest BCUT2D eigenvalue weighted by molar-refractivity contribution is 0.415. The molecule has 10 heteroatoms. The third-order valence-electron chi connectivity index (χ3n) is 4.29. The second-order valence-corrected chi connectivity index (χ2v) is 6.83. The third-order valence-corrected chi connectivity index (χ3v) is 4.80. The van der Waals surface area contributed by atoms with Crippen LogP contribution in [0.5, 0.6) is 5.75 Å². The van der Waals surface area contributed by atoms with Crippen LogP contribution in [0.3, 0.4) is 0 Å². The third kappa shape index (κ3) is 3.59. The highest BCUT2D eigenvalue weighted by atomic mass is 35.5. The fourth-order valence-corrected chi connectivity index (χ4v) is 3.23. The summed E-state index contributed by atoms with van der Waals surface area (Å²) in [5.74, 6) is 0.607. The molecule has 4 rings (SSSR count). The Kier molecular flexibility index (Phi) is 5.04. The quantitative estimate of drug-likeness (QED) is 0.463. The van der Waals surface area contributed by atoms with E-state index in [4.69, 9.17) is 27.9 Å². The van der Waals surface area contributed by atoms with E-state index in [2.05, 4.69) is 15.0 Å². The van der Waals surface area contributed by atoms with Gasteiger partial charge in [0.05, 0.1) is 29.9 Å². The van der Waals surface area contributed by atoms with Crippen molar-refractivity contribution < 1.29 is 4.74 Å². The van der Waals surface area contributed by atoms with Crippen LogP contribution >= 0.6 is 23.2 Å². The summed E-state index contributed by atoms with van der Waals surface area (Å²) in [4.78, 5) is 37.8. The van der Waals surface area contributed by atoms with Crippen molar-refractivity contribution in [3.8, 4) is 22.8 Å². The molecule has 29 heavy (non-hydrogen) atoms. The number of ether oxygens (including phenoxy) is 1. The van der Waals surface area contributed by atoms with Crippen molar-refractivity contribution in [2.75, 3.05) is 7.11 Å². The van der Waals surface area contributed by atoms with Crippen molar-refractivity contribution in [1.29, 1.82) is 0 Å². The molecule has 0 radical (unpaired) electrons. The first kappa shape index (κ1) is 19.1. The maximum atomic E-state index is 13.1. The summed E-state index contributed by atoms with van der Waals surface area (Å²) in [7, 11) is 1.45. The SMILES string of the molecule is COc1cc(-n2c(=O)nc3n(Cc4cnc(Cl)nc4)cccc-3c2=O)ccc1Cl. The molecule has 2 aromatic rings. The van der Waals surface area contributed by atoms with Gasteiger partial charge in [0.1, 0.15) is 5.75 Å².